The highest BCUT2D eigenvalue weighted by molar-refractivity contribution is 4.76. The first-order chi connectivity index (χ1) is 4.70. The number of piperidine rings is 1. The second kappa shape index (κ2) is 3.35. The topological polar surface area (TPSA) is 32.3 Å². The molecule has 0 unspecified atom stereocenters. The van der Waals surface area contributed by atoms with E-state index >= 15 is 0 Å². The zero-order chi connectivity index (χ0) is 7.56. The number of hydrogen-bond donors (Lipinski definition) is 2. The van der Waals surface area contributed by atoms with Crippen LogP contribution in [0.4, 0.5) is 0 Å². The second-order valence-corrected chi connectivity index (χ2v) is 3.55. The molecule has 2 nitrogen and oxygen atoms in total. The van der Waals surface area contributed by atoms with Crippen LogP contribution in [0.3, 0.4) is 0 Å². The summed E-state index contributed by atoms with van der Waals surface area (Å²) in [6, 6.07) is 0. The van der Waals surface area contributed by atoms with E-state index < -0.39 is 0 Å². The molecule has 0 amide bonds. The van der Waals surface area contributed by atoms with Gasteiger partial charge in [0.1, 0.15) is 0 Å². The summed E-state index contributed by atoms with van der Waals surface area (Å²) < 4.78 is 0. The first-order valence-electron chi connectivity index (χ1n) is 4.09. The van der Waals surface area contributed by atoms with E-state index in [1.807, 2.05) is 0 Å². The number of aliphatic hydroxyl groups is 1. The summed E-state index contributed by atoms with van der Waals surface area (Å²) in [6.45, 7) is 6.28. The van der Waals surface area contributed by atoms with E-state index in [-0.39, 0.29) is 6.10 Å². The Balaban J connectivity index is 2.32. The van der Waals surface area contributed by atoms with Crippen LogP contribution in [0.25, 0.3) is 0 Å². The van der Waals surface area contributed by atoms with Crippen LogP contribution in [-0.2, 0) is 0 Å². The van der Waals surface area contributed by atoms with Gasteiger partial charge in [-0.25, -0.2) is 0 Å². The van der Waals surface area contributed by atoms with Gasteiger partial charge in [-0.05, 0) is 24.8 Å². The Kier molecular flexibility index (Phi) is 2.69. The van der Waals surface area contributed by atoms with Gasteiger partial charge in [0.2, 0.25) is 0 Å². The van der Waals surface area contributed by atoms with Crippen molar-refractivity contribution in [2.45, 2.75) is 26.4 Å². The maximum Gasteiger partial charge on any atom is 0.0667 e. The van der Waals surface area contributed by atoms with E-state index in [1.165, 1.54) is 0 Å². The summed E-state index contributed by atoms with van der Waals surface area (Å²) in [5, 5.41) is 12.5. The van der Waals surface area contributed by atoms with E-state index in [4.69, 9.17) is 0 Å². The highest BCUT2D eigenvalue weighted by atomic mass is 16.3. The number of hydrogen-bond acceptors (Lipinski definition) is 2. The number of nitrogens with one attached hydrogen (secondary N) is 1. The normalized spacial score (nSPS) is 34.8. The van der Waals surface area contributed by atoms with Gasteiger partial charge in [-0.1, -0.05) is 13.8 Å². The van der Waals surface area contributed by atoms with Gasteiger partial charge in [-0.3, -0.25) is 0 Å². The van der Waals surface area contributed by atoms with Crippen LogP contribution >= 0.6 is 0 Å². The third kappa shape index (κ3) is 1.96. The SMILES string of the molecule is CC(C)[C@@H]1CNC[C@@H](O)C1. The lowest BCUT2D eigenvalue weighted by atomic mass is 9.88. The first-order valence-corrected chi connectivity index (χ1v) is 4.09. The molecule has 1 rings (SSSR count). The lowest BCUT2D eigenvalue weighted by molar-refractivity contribution is 0.0990. The van der Waals surface area contributed by atoms with Gasteiger partial charge >= 0.3 is 0 Å². The summed E-state index contributed by atoms with van der Waals surface area (Å²) in [4.78, 5) is 0. The van der Waals surface area contributed by atoms with Crippen LogP contribution in [0.5, 0.6) is 0 Å². The molecule has 0 aliphatic carbocycles. The van der Waals surface area contributed by atoms with Gasteiger partial charge in [0.25, 0.3) is 0 Å². The Morgan fingerprint density at radius 3 is 2.50 bits per heavy atom. The molecule has 0 radical (unpaired) electrons. The van der Waals surface area contributed by atoms with Crippen molar-refractivity contribution in [3.8, 4) is 0 Å². The molecule has 1 aliphatic rings. The highest BCUT2D eigenvalue weighted by Gasteiger charge is 2.21. The average molecular weight is 143 g/mol. The van der Waals surface area contributed by atoms with Crippen molar-refractivity contribution in [1.82, 2.24) is 5.32 Å². The smallest absolute Gasteiger partial charge is 0.0667 e. The van der Waals surface area contributed by atoms with Crippen LogP contribution < -0.4 is 5.32 Å². The number of aliphatic hydroxyl groups excluding tert-OH is 1. The predicted molar refractivity (Wildman–Crippen MR) is 41.8 cm³/mol. The lowest BCUT2D eigenvalue weighted by Gasteiger charge is -2.29. The molecule has 2 heteroatoms. The molecular formula is C8H17NO. The fourth-order valence-corrected chi connectivity index (χ4v) is 1.46. The minimum Gasteiger partial charge on any atom is -0.392 e. The largest absolute Gasteiger partial charge is 0.392 e. The maximum absolute atomic E-state index is 9.27. The van der Waals surface area contributed by atoms with Crippen LogP contribution in [0.2, 0.25) is 0 Å². The number of β-amino-alcohol motifs (C(OH)–C–C–N with tert-alkyl or cyclic N) is 1. The van der Waals surface area contributed by atoms with E-state index in [1.54, 1.807) is 0 Å². The quantitative estimate of drug-likeness (QED) is 0.564. The molecule has 0 bridgehead atoms. The van der Waals surface area contributed by atoms with Crippen LogP contribution in [-0.4, -0.2) is 24.3 Å². The van der Waals surface area contributed by atoms with Crippen LogP contribution in [0, 0.1) is 11.8 Å². The molecular weight excluding hydrogens is 126 g/mol. The average Bonchev–Trinajstić information content (AvgIpc) is 1.88. The van der Waals surface area contributed by atoms with Gasteiger partial charge in [0.15, 0.2) is 0 Å². The molecule has 10 heavy (non-hydrogen) atoms. The van der Waals surface area contributed by atoms with Gasteiger partial charge in [-0.15, -0.1) is 0 Å². The second-order valence-electron chi connectivity index (χ2n) is 3.55. The van der Waals surface area contributed by atoms with Crippen molar-refractivity contribution >= 4 is 0 Å². The van der Waals surface area contributed by atoms with E-state index in [9.17, 15) is 5.11 Å². The Morgan fingerprint density at radius 1 is 1.40 bits per heavy atom. The molecule has 60 valence electrons. The standard InChI is InChI=1S/C8H17NO/c1-6(2)7-3-8(10)5-9-4-7/h6-10H,3-5H2,1-2H3/t7-,8-/m0/s1. The minimum atomic E-state index is -0.110. The maximum atomic E-state index is 9.27. The molecule has 1 aliphatic heterocycles. The van der Waals surface area contributed by atoms with Crippen molar-refractivity contribution in [2.75, 3.05) is 13.1 Å². The third-order valence-corrected chi connectivity index (χ3v) is 2.30. The molecule has 0 saturated carbocycles. The molecule has 1 fully saturated rings. The molecule has 2 atom stereocenters. The fourth-order valence-electron chi connectivity index (χ4n) is 1.46. The molecule has 2 N–H and O–H groups in total. The van der Waals surface area contributed by atoms with Gasteiger partial charge in [-0.2, -0.15) is 0 Å². The van der Waals surface area contributed by atoms with Crippen molar-refractivity contribution in [3.63, 3.8) is 0 Å². The van der Waals surface area contributed by atoms with E-state index in [0.717, 1.165) is 19.5 Å². The van der Waals surface area contributed by atoms with Gasteiger partial charge < -0.3 is 10.4 Å². The number of rotatable bonds is 1. The van der Waals surface area contributed by atoms with E-state index in [0.29, 0.717) is 11.8 Å². The van der Waals surface area contributed by atoms with Crippen LogP contribution in [0.15, 0.2) is 0 Å². The van der Waals surface area contributed by atoms with E-state index in [2.05, 4.69) is 19.2 Å². The molecule has 0 aromatic carbocycles. The lowest BCUT2D eigenvalue weighted by Crippen LogP contribution is -2.41. The fraction of sp³-hybridized carbons (Fsp3) is 1.00. The monoisotopic (exact) mass is 143 g/mol. The molecule has 0 spiro atoms. The van der Waals surface area contributed by atoms with Crippen molar-refractivity contribution < 1.29 is 5.11 Å². The van der Waals surface area contributed by atoms with Gasteiger partial charge in [0.05, 0.1) is 6.10 Å². The van der Waals surface area contributed by atoms with Gasteiger partial charge in [0, 0.05) is 6.54 Å². The summed E-state index contributed by atoms with van der Waals surface area (Å²) >= 11 is 0. The molecule has 0 aromatic heterocycles. The third-order valence-electron chi connectivity index (χ3n) is 2.30. The van der Waals surface area contributed by atoms with Crippen LogP contribution in [0.1, 0.15) is 20.3 Å². The highest BCUT2D eigenvalue weighted by Crippen LogP contribution is 2.18. The Hall–Kier alpha value is -0.0800. The Labute approximate surface area is 62.6 Å². The first kappa shape index (κ1) is 8.02. The Morgan fingerprint density at radius 2 is 2.10 bits per heavy atom. The summed E-state index contributed by atoms with van der Waals surface area (Å²) in [5.74, 6) is 1.37. The predicted octanol–water partition coefficient (Wildman–Crippen LogP) is 0.613. The Bertz CT molecular complexity index is 103. The molecule has 1 heterocycles. The summed E-state index contributed by atoms with van der Waals surface area (Å²) in [5.41, 5.74) is 0. The molecule has 0 aromatic rings. The molecule has 1 saturated heterocycles. The summed E-state index contributed by atoms with van der Waals surface area (Å²) in [7, 11) is 0. The zero-order valence-electron chi connectivity index (χ0n) is 6.80. The summed E-state index contributed by atoms with van der Waals surface area (Å²) in [6.07, 6.45) is 0.867. The zero-order valence-corrected chi connectivity index (χ0v) is 6.80. The van der Waals surface area contributed by atoms with Crippen molar-refractivity contribution in [3.05, 3.63) is 0 Å². The van der Waals surface area contributed by atoms with Crippen molar-refractivity contribution in [2.24, 2.45) is 11.8 Å². The van der Waals surface area contributed by atoms with Crippen molar-refractivity contribution in [1.29, 1.82) is 0 Å². The minimum absolute atomic E-state index is 0.110.